The second kappa shape index (κ2) is 5.80. The van der Waals surface area contributed by atoms with E-state index in [0.717, 1.165) is 25.7 Å². The Hall–Kier alpha value is -1.60. The van der Waals surface area contributed by atoms with Crippen molar-refractivity contribution in [2.75, 3.05) is 0 Å². The third-order valence-electron chi connectivity index (χ3n) is 4.37. The van der Waals surface area contributed by atoms with E-state index in [4.69, 9.17) is 0 Å². The van der Waals surface area contributed by atoms with Crippen LogP contribution in [0, 0.1) is 6.92 Å². The maximum absolute atomic E-state index is 10.2. The summed E-state index contributed by atoms with van der Waals surface area (Å²) in [4.78, 5) is 0. The van der Waals surface area contributed by atoms with Gasteiger partial charge in [-0.15, -0.1) is 0 Å². The minimum absolute atomic E-state index is 0.186. The summed E-state index contributed by atoms with van der Waals surface area (Å²) in [6.07, 6.45) is 3.69. The second-order valence-electron chi connectivity index (χ2n) is 6.02. The molecule has 0 amide bonds. The highest BCUT2D eigenvalue weighted by atomic mass is 16.3. The Kier molecular flexibility index (Phi) is 3.88. The minimum Gasteiger partial charge on any atom is -0.393 e. The van der Waals surface area contributed by atoms with Gasteiger partial charge in [-0.3, -0.25) is 0 Å². The van der Waals surface area contributed by atoms with Gasteiger partial charge in [-0.05, 0) is 55.2 Å². The monoisotopic (exact) mass is 266 g/mol. The first-order valence-electron chi connectivity index (χ1n) is 7.54. The summed E-state index contributed by atoms with van der Waals surface area (Å²) < 4.78 is 0. The molecule has 1 aliphatic carbocycles. The van der Waals surface area contributed by atoms with Gasteiger partial charge in [-0.25, -0.2) is 0 Å². The Labute approximate surface area is 121 Å². The molecular weight excluding hydrogens is 244 g/mol. The molecular formula is C19H22O. The third kappa shape index (κ3) is 2.94. The van der Waals surface area contributed by atoms with Gasteiger partial charge in [0.1, 0.15) is 0 Å². The molecule has 104 valence electrons. The fourth-order valence-corrected chi connectivity index (χ4v) is 3.22. The maximum atomic E-state index is 10.2. The van der Waals surface area contributed by atoms with Crippen LogP contribution in [-0.4, -0.2) is 11.2 Å². The van der Waals surface area contributed by atoms with Gasteiger partial charge in [-0.1, -0.05) is 54.1 Å². The second-order valence-corrected chi connectivity index (χ2v) is 6.02. The van der Waals surface area contributed by atoms with E-state index in [-0.39, 0.29) is 6.10 Å². The number of aliphatic hydroxyl groups excluding tert-OH is 1. The molecule has 20 heavy (non-hydrogen) atoms. The number of rotatable bonds is 5. The average molecular weight is 266 g/mol. The Balaban J connectivity index is 1.50. The van der Waals surface area contributed by atoms with Crippen LogP contribution in [0.15, 0.2) is 48.5 Å². The Bertz CT molecular complexity index is 588. The first-order valence-corrected chi connectivity index (χ1v) is 7.54. The standard InChI is InChI=1S/C19H22O/c1-14-5-4-6-15(11-14)9-10-18(20)13-17-12-16-7-2-3-8-19(16)17/h2-8,11,17-18,20H,9-10,12-13H2,1H3. The highest BCUT2D eigenvalue weighted by Crippen LogP contribution is 2.38. The SMILES string of the molecule is Cc1cccc(CCC(O)CC2Cc3ccccc32)c1. The van der Waals surface area contributed by atoms with E-state index in [9.17, 15) is 5.11 Å². The zero-order valence-corrected chi connectivity index (χ0v) is 12.0. The molecule has 0 aliphatic heterocycles. The van der Waals surface area contributed by atoms with Crippen LogP contribution in [0.1, 0.15) is 41.0 Å². The molecule has 1 aliphatic rings. The molecule has 2 aromatic carbocycles. The summed E-state index contributed by atoms with van der Waals surface area (Å²) in [6.45, 7) is 2.12. The van der Waals surface area contributed by atoms with Crippen LogP contribution < -0.4 is 0 Å². The highest BCUT2D eigenvalue weighted by molar-refractivity contribution is 5.39. The van der Waals surface area contributed by atoms with Gasteiger partial charge >= 0.3 is 0 Å². The molecule has 1 N–H and O–H groups in total. The molecule has 0 heterocycles. The largest absolute Gasteiger partial charge is 0.393 e. The number of benzene rings is 2. The fraction of sp³-hybridized carbons (Fsp3) is 0.368. The molecule has 0 aromatic heterocycles. The Morgan fingerprint density at radius 1 is 1.15 bits per heavy atom. The van der Waals surface area contributed by atoms with Gasteiger partial charge in [-0.2, -0.15) is 0 Å². The van der Waals surface area contributed by atoms with Crippen LogP contribution in [-0.2, 0) is 12.8 Å². The quantitative estimate of drug-likeness (QED) is 0.866. The van der Waals surface area contributed by atoms with Gasteiger partial charge in [0.05, 0.1) is 6.10 Å². The predicted molar refractivity (Wildman–Crippen MR) is 83.0 cm³/mol. The molecule has 2 unspecified atom stereocenters. The van der Waals surface area contributed by atoms with Crippen LogP contribution in [0.4, 0.5) is 0 Å². The lowest BCUT2D eigenvalue weighted by atomic mass is 9.74. The van der Waals surface area contributed by atoms with Crippen LogP contribution in [0.5, 0.6) is 0 Å². The summed E-state index contributed by atoms with van der Waals surface area (Å²) in [5.74, 6) is 0.568. The first kappa shape index (κ1) is 13.4. The average Bonchev–Trinajstić information content (AvgIpc) is 2.43. The lowest BCUT2D eigenvalue weighted by Crippen LogP contribution is -2.22. The normalized spacial score (nSPS) is 18.2. The molecule has 0 radical (unpaired) electrons. The van der Waals surface area contributed by atoms with Gasteiger partial charge in [0.15, 0.2) is 0 Å². The van der Waals surface area contributed by atoms with Crippen molar-refractivity contribution < 1.29 is 5.11 Å². The first-order chi connectivity index (χ1) is 9.72. The van der Waals surface area contributed by atoms with Crippen LogP contribution >= 0.6 is 0 Å². The van der Waals surface area contributed by atoms with Crippen LogP contribution in [0.3, 0.4) is 0 Å². The zero-order valence-electron chi connectivity index (χ0n) is 12.0. The van der Waals surface area contributed by atoms with E-state index < -0.39 is 0 Å². The van der Waals surface area contributed by atoms with E-state index in [2.05, 4.69) is 55.5 Å². The van der Waals surface area contributed by atoms with Crippen molar-refractivity contribution >= 4 is 0 Å². The van der Waals surface area contributed by atoms with Crippen molar-refractivity contribution in [1.29, 1.82) is 0 Å². The molecule has 3 rings (SSSR count). The fourth-order valence-electron chi connectivity index (χ4n) is 3.22. The predicted octanol–water partition coefficient (Wildman–Crippen LogP) is 4.02. The third-order valence-corrected chi connectivity index (χ3v) is 4.37. The molecule has 0 saturated heterocycles. The van der Waals surface area contributed by atoms with E-state index >= 15 is 0 Å². The summed E-state index contributed by atoms with van der Waals surface area (Å²) in [7, 11) is 0. The summed E-state index contributed by atoms with van der Waals surface area (Å²) in [6, 6.07) is 17.2. The number of hydrogen-bond donors (Lipinski definition) is 1. The Morgan fingerprint density at radius 2 is 2.00 bits per heavy atom. The van der Waals surface area contributed by atoms with E-state index in [1.807, 2.05) is 0 Å². The zero-order chi connectivity index (χ0) is 13.9. The molecule has 1 nitrogen and oxygen atoms in total. The van der Waals surface area contributed by atoms with Crippen LogP contribution in [0.25, 0.3) is 0 Å². The molecule has 2 aromatic rings. The number of fused-ring (bicyclic) bond motifs is 1. The number of hydrogen-bond acceptors (Lipinski definition) is 1. The van der Waals surface area contributed by atoms with E-state index in [1.54, 1.807) is 0 Å². The Morgan fingerprint density at radius 3 is 2.80 bits per heavy atom. The van der Waals surface area contributed by atoms with Gasteiger partial charge in [0.25, 0.3) is 0 Å². The molecule has 1 heteroatoms. The highest BCUT2D eigenvalue weighted by Gasteiger charge is 2.27. The van der Waals surface area contributed by atoms with Crippen molar-refractivity contribution in [2.24, 2.45) is 0 Å². The van der Waals surface area contributed by atoms with Crippen molar-refractivity contribution in [2.45, 2.75) is 44.6 Å². The molecule has 0 saturated carbocycles. The number of aliphatic hydroxyl groups is 1. The van der Waals surface area contributed by atoms with Crippen LogP contribution in [0.2, 0.25) is 0 Å². The topological polar surface area (TPSA) is 20.2 Å². The van der Waals surface area contributed by atoms with Gasteiger partial charge < -0.3 is 5.11 Å². The molecule has 0 fully saturated rings. The van der Waals surface area contributed by atoms with Crippen molar-refractivity contribution in [3.63, 3.8) is 0 Å². The molecule has 0 bridgehead atoms. The smallest absolute Gasteiger partial charge is 0.0549 e. The van der Waals surface area contributed by atoms with Gasteiger partial charge in [0.2, 0.25) is 0 Å². The summed E-state index contributed by atoms with van der Waals surface area (Å²) >= 11 is 0. The number of aryl methyl sites for hydroxylation is 2. The van der Waals surface area contributed by atoms with E-state index in [1.165, 1.54) is 22.3 Å². The lowest BCUT2D eigenvalue weighted by Gasteiger charge is -2.31. The maximum Gasteiger partial charge on any atom is 0.0549 e. The van der Waals surface area contributed by atoms with Crippen molar-refractivity contribution in [1.82, 2.24) is 0 Å². The molecule has 0 spiro atoms. The minimum atomic E-state index is -0.186. The van der Waals surface area contributed by atoms with Gasteiger partial charge in [0, 0.05) is 0 Å². The lowest BCUT2D eigenvalue weighted by molar-refractivity contribution is 0.142. The van der Waals surface area contributed by atoms with Crippen molar-refractivity contribution in [3.05, 3.63) is 70.8 Å². The van der Waals surface area contributed by atoms with E-state index in [0.29, 0.717) is 5.92 Å². The molecule has 2 atom stereocenters. The summed E-state index contributed by atoms with van der Waals surface area (Å²) in [5, 5.41) is 10.2. The summed E-state index contributed by atoms with van der Waals surface area (Å²) in [5.41, 5.74) is 5.54. The van der Waals surface area contributed by atoms with Crippen molar-refractivity contribution in [3.8, 4) is 0 Å².